The molecule has 2 aliphatic rings. The Kier molecular flexibility index (Phi) is 5.26. The molecule has 0 saturated carbocycles. The molecular weight excluding hydrogens is 406 g/mol. The van der Waals surface area contributed by atoms with Gasteiger partial charge in [0.1, 0.15) is 0 Å². The fraction of sp³-hybridized carbons (Fsp3) is 0.391. The van der Waals surface area contributed by atoms with E-state index in [-0.39, 0.29) is 11.8 Å². The van der Waals surface area contributed by atoms with Gasteiger partial charge in [0.05, 0.1) is 11.9 Å². The number of benzene rings is 1. The maximum atomic E-state index is 12.7. The molecule has 5 rings (SSSR count). The Morgan fingerprint density at radius 3 is 2.69 bits per heavy atom. The van der Waals surface area contributed by atoms with Gasteiger partial charge in [0.25, 0.3) is 5.91 Å². The Bertz CT molecular complexity index is 1160. The number of aromatic nitrogens is 4. The zero-order valence-electron chi connectivity index (χ0n) is 18.4. The minimum atomic E-state index is -0.0151. The summed E-state index contributed by atoms with van der Waals surface area (Å²) in [4.78, 5) is 34.8. The van der Waals surface area contributed by atoms with Crippen molar-refractivity contribution in [3.8, 4) is 11.3 Å². The van der Waals surface area contributed by atoms with E-state index in [0.717, 1.165) is 48.6 Å². The molecular formula is C23H27N7O2. The van der Waals surface area contributed by atoms with Crippen molar-refractivity contribution in [3.63, 3.8) is 0 Å². The Morgan fingerprint density at radius 1 is 1.12 bits per heavy atom. The molecule has 0 aliphatic carbocycles. The van der Waals surface area contributed by atoms with Crippen molar-refractivity contribution in [2.75, 3.05) is 38.1 Å². The summed E-state index contributed by atoms with van der Waals surface area (Å²) in [5.41, 5.74) is 5.40. The third-order valence-corrected chi connectivity index (χ3v) is 6.50. The van der Waals surface area contributed by atoms with Crippen LogP contribution < -0.4 is 4.90 Å². The number of H-pyrrole nitrogens is 1. The molecule has 0 bridgehead atoms. The summed E-state index contributed by atoms with van der Waals surface area (Å²) >= 11 is 0. The lowest BCUT2D eigenvalue weighted by molar-refractivity contribution is -0.118. The summed E-state index contributed by atoms with van der Waals surface area (Å²) < 4.78 is 1.76. The zero-order chi connectivity index (χ0) is 22.2. The van der Waals surface area contributed by atoms with E-state index in [9.17, 15) is 9.59 Å². The molecule has 1 N–H and O–H groups in total. The van der Waals surface area contributed by atoms with Crippen molar-refractivity contribution in [1.29, 1.82) is 0 Å². The van der Waals surface area contributed by atoms with Gasteiger partial charge in [0, 0.05) is 82.4 Å². The molecule has 0 unspecified atom stereocenters. The highest BCUT2D eigenvalue weighted by atomic mass is 16.2. The molecule has 166 valence electrons. The van der Waals surface area contributed by atoms with Gasteiger partial charge in [-0.25, -0.2) is 4.98 Å². The number of aromatic amines is 1. The van der Waals surface area contributed by atoms with Crippen molar-refractivity contribution in [1.82, 2.24) is 29.5 Å². The first-order valence-electron chi connectivity index (χ1n) is 10.9. The minimum absolute atomic E-state index is 0.0151. The molecule has 0 spiro atoms. The lowest BCUT2D eigenvalue weighted by atomic mass is 9.97. The number of carbonyl (C=O) groups is 2. The molecule has 1 fully saturated rings. The average molecular weight is 434 g/mol. The van der Waals surface area contributed by atoms with E-state index >= 15 is 0 Å². The van der Waals surface area contributed by atoms with Crippen LogP contribution in [0, 0.1) is 0 Å². The molecule has 3 aromatic rings. The van der Waals surface area contributed by atoms with Crippen molar-refractivity contribution < 1.29 is 9.59 Å². The third-order valence-electron chi connectivity index (χ3n) is 6.50. The quantitative estimate of drug-likeness (QED) is 0.676. The summed E-state index contributed by atoms with van der Waals surface area (Å²) in [5.74, 6) is 0.627. The Labute approximate surface area is 186 Å². The number of hydrogen-bond donors (Lipinski definition) is 1. The fourth-order valence-electron chi connectivity index (χ4n) is 4.56. The maximum Gasteiger partial charge on any atom is 0.289 e. The molecule has 0 atom stereocenters. The van der Waals surface area contributed by atoms with E-state index in [2.05, 4.69) is 32.2 Å². The molecule has 0 radical (unpaired) electrons. The third kappa shape index (κ3) is 3.69. The second-order valence-corrected chi connectivity index (χ2v) is 8.50. The van der Waals surface area contributed by atoms with Crippen LogP contribution in [-0.4, -0.2) is 74.6 Å². The fourth-order valence-corrected chi connectivity index (χ4v) is 4.56. The Hall–Kier alpha value is -3.46. The molecule has 1 saturated heterocycles. The van der Waals surface area contributed by atoms with Crippen LogP contribution in [0.1, 0.15) is 28.2 Å². The summed E-state index contributed by atoms with van der Waals surface area (Å²) in [6.45, 7) is 3.73. The first-order valence-corrected chi connectivity index (χ1v) is 10.9. The first kappa shape index (κ1) is 20.4. The molecule has 1 aromatic carbocycles. The number of piperazine rings is 1. The summed E-state index contributed by atoms with van der Waals surface area (Å²) in [6, 6.07) is 6.24. The average Bonchev–Trinajstić information content (AvgIpc) is 3.45. The van der Waals surface area contributed by atoms with Crippen LogP contribution in [-0.2, 0) is 24.8 Å². The lowest BCUT2D eigenvalue weighted by Gasteiger charge is -2.34. The van der Waals surface area contributed by atoms with Crippen LogP contribution in [0.5, 0.6) is 0 Å². The standard InChI is InChI=1S/C23H27N7O2/c1-27-8-7-24-22(27)23(32)30-11-9-29(10-12-30)15-18-14-25-26-21(18)17-3-5-19-16(13-17)4-6-20(31)28(19)2/h3,5,7-8,13-14H,4,6,9-12,15H2,1-2H3,(H,25,26). The number of aryl methyl sites for hydroxylation is 2. The number of hydrogen-bond acceptors (Lipinski definition) is 5. The number of fused-ring (bicyclic) bond motifs is 1. The van der Waals surface area contributed by atoms with Gasteiger partial charge >= 0.3 is 0 Å². The van der Waals surface area contributed by atoms with E-state index in [4.69, 9.17) is 0 Å². The lowest BCUT2D eigenvalue weighted by Crippen LogP contribution is -2.48. The van der Waals surface area contributed by atoms with Crippen molar-refractivity contribution >= 4 is 17.5 Å². The van der Waals surface area contributed by atoms with Crippen molar-refractivity contribution in [2.45, 2.75) is 19.4 Å². The van der Waals surface area contributed by atoms with Crippen LogP contribution in [0.25, 0.3) is 11.3 Å². The van der Waals surface area contributed by atoms with Crippen LogP contribution in [0.4, 0.5) is 5.69 Å². The molecule has 2 amide bonds. The number of nitrogens with zero attached hydrogens (tertiary/aromatic N) is 6. The molecule has 32 heavy (non-hydrogen) atoms. The van der Waals surface area contributed by atoms with Crippen LogP contribution >= 0.6 is 0 Å². The van der Waals surface area contributed by atoms with E-state index in [1.54, 1.807) is 21.9 Å². The van der Waals surface area contributed by atoms with Gasteiger partial charge in [-0.15, -0.1) is 0 Å². The number of imidazole rings is 1. The van der Waals surface area contributed by atoms with Crippen LogP contribution in [0.3, 0.4) is 0 Å². The highest BCUT2D eigenvalue weighted by Crippen LogP contribution is 2.32. The molecule has 9 heteroatoms. The minimum Gasteiger partial charge on any atom is -0.333 e. The van der Waals surface area contributed by atoms with Gasteiger partial charge in [-0.3, -0.25) is 19.6 Å². The monoisotopic (exact) mass is 433 g/mol. The number of anilines is 1. The number of carbonyl (C=O) groups excluding carboxylic acids is 2. The van der Waals surface area contributed by atoms with Crippen LogP contribution in [0.2, 0.25) is 0 Å². The normalized spacial score (nSPS) is 17.0. The first-order chi connectivity index (χ1) is 15.5. The molecule has 9 nitrogen and oxygen atoms in total. The second-order valence-electron chi connectivity index (χ2n) is 8.50. The Morgan fingerprint density at radius 2 is 1.94 bits per heavy atom. The SMILES string of the molecule is CN1C(=O)CCc2cc(-c3[nH]ncc3CN3CCN(C(=O)c4nccn4C)CC3)ccc21. The highest BCUT2D eigenvalue weighted by molar-refractivity contribution is 5.96. The van der Waals surface area contributed by atoms with Crippen molar-refractivity contribution in [2.24, 2.45) is 7.05 Å². The predicted octanol–water partition coefficient (Wildman–Crippen LogP) is 1.68. The topological polar surface area (TPSA) is 90.4 Å². The smallest absolute Gasteiger partial charge is 0.289 e. The molecule has 4 heterocycles. The Balaban J connectivity index is 1.26. The van der Waals surface area contributed by atoms with Gasteiger partial charge in [-0.1, -0.05) is 6.07 Å². The van der Waals surface area contributed by atoms with E-state index in [1.807, 2.05) is 31.3 Å². The van der Waals surface area contributed by atoms with Crippen LogP contribution in [0.15, 0.2) is 36.8 Å². The molecule has 2 aliphatic heterocycles. The van der Waals surface area contributed by atoms with Crippen molar-refractivity contribution in [3.05, 3.63) is 53.7 Å². The van der Waals surface area contributed by atoms with Gasteiger partial charge < -0.3 is 14.4 Å². The van der Waals surface area contributed by atoms with Gasteiger partial charge in [0.15, 0.2) is 5.82 Å². The largest absolute Gasteiger partial charge is 0.333 e. The van der Waals surface area contributed by atoms with E-state index in [1.165, 1.54) is 5.56 Å². The summed E-state index contributed by atoms with van der Waals surface area (Å²) in [7, 11) is 3.67. The summed E-state index contributed by atoms with van der Waals surface area (Å²) in [6.07, 6.45) is 6.64. The number of nitrogens with one attached hydrogen (secondary N) is 1. The van der Waals surface area contributed by atoms with Gasteiger partial charge in [0.2, 0.25) is 5.91 Å². The number of rotatable bonds is 4. The maximum absolute atomic E-state index is 12.7. The predicted molar refractivity (Wildman–Crippen MR) is 120 cm³/mol. The van der Waals surface area contributed by atoms with E-state index < -0.39 is 0 Å². The zero-order valence-corrected chi connectivity index (χ0v) is 18.4. The van der Waals surface area contributed by atoms with Gasteiger partial charge in [-0.2, -0.15) is 5.10 Å². The molecule has 2 aromatic heterocycles. The highest BCUT2D eigenvalue weighted by Gasteiger charge is 2.26. The summed E-state index contributed by atoms with van der Waals surface area (Å²) in [5, 5.41) is 7.46. The van der Waals surface area contributed by atoms with E-state index in [0.29, 0.717) is 25.3 Å². The number of amides is 2. The second kappa shape index (κ2) is 8.23. The van der Waals surface area contributed by atoms with Gasteiger partial charge in [-0.05, 0) is 24.1 Å².